The molecule has 5 aliphatic rings. The van der Waals surface area contributed by atoms with E-state index < -0.39 is 0 Å². The molecule has 4 heteroatoms. The molecule has 3 fully saturated rings. The third kappa shape index (κ3) is 2.33. The maximum absolute atomic E-state index is 14.1. The molecule has 0 aromatic heterocycles. The number of carbonyl (C=O) groups excluding carboxylic acids is 1. The average Bonchev–Trinajstić information content (AvgIpc) is 3.22. The van der Waals surface area contributed by atoms with Crippen molar-refractivity contribution >= 4 is 11.5 Å². The van der Waals surface area contributed by atoms with Gasteiger partial charge in [-0.15, -0.1) is 0 Å². The molecular weight excluding hydrogens is 351 g/mol. The number of carbonyl (C=O) groups is 1. The molecule has 1 saturated heterocycles. The van der Waals surface area contributed by atoms with Crippen LogP contribution in [0.4, 0.5) is 10.1 Å². The molecule has 2 spiro atoms. The maximum Gasteiger partial charge on any atom is 0.149 e. The van der Waals surface area contributed by atoms with Crippen LogP contribution in [0.3, 0.4) is 0 Å². The monoisotopic (exact) mass is 380 g/mol. The molecule has 4 atom stereocenters. The van der Waals surface area contributed by atoms with Crippen LogP contribution in [0.5, 0.6) is 0 Å². The predicted molar refractivity (Wildman–Crippen MR) is 108 cm³/mol. The van der Waals surface area contributed by atoms with Gasteiger partial charge in [0.1, 0.15) is 11.6 Å². The van der Waals surface area contributed by atoms with Gasteiger partial charge in [0, 0.05) is 24.2 Å². The topological polar surface area (TPSA) is 23.6 Å². The number of likely N-dealkylation sites (tertiary alicyclic amines) is 1. The van der Waals surface area contributed by atoms with E-state index in [2.05, 4.69) is 22.0 Å². The van der Waals surface area contributed by atoms with Gasteiger partial charge in [0.15, 0.2) is 0 Å². The van der Waals surface area contributed by atoms with E-state index >= 15 is 0 Å². The summed E-state index contributed by atoms with van der Waals surface area (Å²) in [6.07, 6.45) is 9.99. The lowest BCUT2D eigenvalue weighted by molar-refractivity contribution is -0.115. The fraction of sp³-hybridized carbons (Fsp3) is 0.625. The minimum atomic E-state index is -0.156. The van der Waals surface area contributed by atoms with E-state index in [-0.39, 0.29) is 17.0 Å². The molecule has 28 heavy (non-hydrogen) atoms. The Morgan fingerprint density at radius 3 is 2.75 bits per heavy atom. The minimum absolute atomic E-state index is 0.0130. The highest BCUT2D eigenvalue weighted by molar-refractivity contribution is 5.82. The van der Waals surface area contributed by atoms with Crippen LogP contribution in [0.15, 0.2) is 30.4 Å². The number of halogens is 1. The van der Waals surface area contributed by atoms with Crippen LogP contribution < -0.4 is 4.90 Å². The first-order valence-corrected chi connectivity index (χ1v) is 10.9. The summed E-state index contributed by atoms with van der Waals surface area (Å²) in [6.45, 7) is 6.35. The molecule has 2 aliphatic heterocycles. The smallest absolute Gasteiger partial charge is 0.149 e. The molecule has 3 aliphatic carbocycles. The van der Waals surface area contributed by atoms with Crippen LogP contribution in [-0.4, -0.2) is 43.4 Å². The Morgan fingerprint density at radius 2 is 2.04 bits per heavy atom. The number of benzene rings is 1. The zero-order valence-electron chi connectivity index (χ0n) is 16.7. The first kappa shape index (κ1) is 17.2. The molecule has 0 amide bonds. The Balaban J connectivity index is 1.16. The average molecular weight is 381 g/mol. The summed E-state index contributed by atoms with van der Waals surface area (Å²) in [5.74, 6) is 2.63. The number of anilines is 1. The number of allylic oxidation sites excluding steroid dienone is 2. The van der Waals surface area contributed by atoms with Gasteiger partial charge in [0.25, 0.3) is 0 Å². The van der Waals surface area contributed by atoms with Crippen LogP contribution in [-0.2, 0) is 10.2 Å². The number of ketones is 1. The standard InChI is InChI=1S/C24H29FN2O/c1-16(28)13-27-15-23(21-10-19(25)3-5-22(21)27)6-8-26(9-7-23)14-17-11-24-12-18(24)2-4-20(17)24/h2-5,10,17-18,20H,6-9,11-15H2,1H3/t17-,18+,20-,24?/m1/s1. The SMILES string of the molecule is CC(=O)CN1CC2(CCN(C[C@H]3CC45C[C@@H]4C=C[C@H]35)CC2)c2cc(F)ccc21. The van der Waals surface area contributed by atoms with E-state index in [9.17, 15) is 9.18 Å². The maximum atomic E-state index is 14.1. The van der Waals surface area contributed by atoms with Gasteiger partial charge >= 0.3 is 0 Å². The Labute approximate surface area is 166 Å². The second-order valence-corrected chi connectivity index (χ2v) is 10.2. The number of nitrogens with zero attached hydrogens (tertiary/aromatic N) is 2. The number of fused-ring (bicyclic) bond motifs is 2. The van der Waals surface area contributed by atoms with Gasteiger partial charge in [-0.2, -0.15) is 0 Å². The Hall–Kier alpha value is -1.68. The van der Waals surface area contributed by atoms with Crippen LogP contribution in [0.25, 0.3) is 0 Å². The fourth-order valence-corrected chi connectivity index (χ4v) is 7.15. The summed E-state index contributed by atoms with van der Waals surface area (Å²) in [5, 5.41) is 0. The largest absolute Gasteiger partial charge is 0.363 e. The van der Waals surface area contributed by atoms with Crippen LogP contribution in [0, 0.1) is 29.0 Å². The van der Waals surface area contributed by atoms with E-state index in [1.807, 2.05) is 6.07 Å². The van der Waals surface area contributed by atoms with Crippen molar-refractivity contribution in [1.29, 1.82) is 0 Å². The van der Waals surface area contributed by atoms with Crippen molar-refractivity contribution in [2.75, 3.05) is 37.6 Å². The summed E-state index contributed by atoms with van der Waals surface area (Å²) in [6, 6.07) is 5.14. The predicted octanol–water partition coefficient (Wildman–Crippen LogP) is 3.78. The van der Waals surface area contributed by atoms with Gasteiger partial charge in [-0.05, 0) is 92.6 Å². The van der Waals surface area contributed by atoms with Gasteiger partial charge in [0.05, 0.1) is 6.54 Å². The molecular formula is C24H29FN2O. The van der Waals surface area contributed by atoms with Crippen LogP contribution >= 0.6 is 0 Å². The zero-order chi connectivity index (χ0) is 19.1. The van der Waals surface area contributed by atoms with E-state index in [4.69, 9.17) is 0 Å². The van der Waals surface area contributed by atoms with Gasteiger partial charge in [-0.3, -0.25) is 4.79 Å². The van der Waals surface area contributed by atoms with Crippen molar-refractivity contribution in [1.82, 2.24) is 4.90 Å². The summed E-state index contributed by atoms with van der Waals surface area (Å²) in [5.41, 5.74) is 2.92. The molecule has 1 aromatic rings. The number of hydrogen-bond donors (Lipinski definition) is 0. The lowest BCUT2D eigenvalue weighted by Gasteiger charge is -2.47. The summed E-state index contributed by atoms with van der Waals surface area (Å²) in [4.78, 5) is 16.6. The van der Waals surface area contributed by atoms with Crippen molar-refractivity contribution in [2.45, 2.75) is 38.0 Å². The summed E-state index contributed by atoms with van der Waals surface area (Å²) < 4.78 is 14.1. The van der Waals surface area contributed by atoms with Crippen LogP contribution in [0.1, 0.15) is 38.2 Å². The molecule has 0 bridgehead atoms. The lowest BCUT2D eigenvalue weighted by atomic mass is 9.62. The summed E-state index contributed by atoms with van der Waals surface area (Å²) in [7, 11) is 0. The van der Waals surface area contributed by atoms with Crippen molar-refractivity contribution in [2.24, 2.45) is 23.2 Å². The normalized spacial score (nSPS) is 36.8. The number of hydrogen-bond acceptors (Lipinski definition) is 3. The van der Waals surface area contributed by atoms with Gasteiger partial charge < -0.3 is 9.80 Å². The second kappa shape index (κ2) is 5.69. The number of Topliss-reactive ketones (excluding diaryl/α,β-unsaturated/α-hetero) is 1. The third-order valence-electron chi connectivity index (χ3n) is 8.63. The second-order valence-electron chi connectivity index (χ2n) is 10.2. The zero-order valence-corrected chi connectivity index (χ0v) is 16.7. The first-order chi connectivity index (χ1) is 13.5. The molecule has 6 rings (SSSR count). The molecule has 0 radical (unpaired) electrons. The fourth-order valence-electron chi connectivity index (χ4n) is 7.15. The number of rotatable bonds is 4. The molecule has 0 N–H and O–H groups in total. The van der Waals surface area contributed by atoms with Gasteiger partial charge in [-0.1, -0.05) is 12.2 Å². The molecule has 1 aromatic carbocycles. The van der Waals surface area contributed by atoms with E-state index in [0.29, 0.717) is 12.0 Å². The summed E-state index contributed by atoms with van der Waals surface area (Å²) >= 11 is 0. The highest BCUT2D eigenvalue weighted by Gasteiger charge is 2.68. The first-order valence-electron chi connectivity index (χ1n) is 10.9. The van der Waals surface area contributed by atoms with Crippen molar-refractivity contribution in [3.63, 3.8) is 0 Å². The third-order valence-corrected chi connectivity index (χ3v) is 8.63. The molecule has 2 saturated carbocycles. The van der Waals surface area contributed by atoms with E-state index in [0.717, 1.165) is 61.5 Å². The quantitative estimate of drug-likeness (QED) is 0.743. The van der Waals surface area contributed by atoms with Gasteiger partial charge in [-0.25, -0.2) is 4.39 Å². The minimum Gasteiger partial charge on any atom is -0.363 e. The van der Waals surface area contributed by atoms with Gasteiger partial charge in [0.2, 0.25) is 0 Å². The molecule has 3 nitrogen and oxygen atoms in total. The van der Waals surface area contributed by atoms with Crippen molar-refractivity contribution in [3.8, 4) is 0 Å². The lowest BCUT2D eigenvalue weighted by Crippen LogP contribution is -2.50. The highest BCUT2D eigenvalue weighted by atomic mass is 19.1. The Bertz CT molecular complexity index is 871. The van der Waals surface area contributed by atoms with E-state index in [1.54, 1.807) is 13.0 Å². The Kier molecular flexibility index (Phi) is 3.49. The Morgan fingerprint density at radius 1 is 1.21 bits per heavy atom. The van der Waals surface area contributed by atoms with Crippen molar-refractivity contribution in [3.05, 3.63) is 41.7 Å². The molecule has 148 valence electrons. The molecule has 1 unspecified atom stereocenters. The van der Waals surface area contributed by atoms with E-state index in [1.165, 1.54) is 25.5 Å². The van der Waals surface area contributed by atoms with Crippen LogP contribution in [0.2, 0.25) is 0 Å². The number of piperidine rings is 1. The molecule has 2 heterocycles. The van der Waals surface area contributed by atoms with Crippen molar-refractivity contribution < 1.29 is 9.18 Å². The highest BCUT2D eigenvalue weighted by Crippen LogP contribution is 2.75.